The van der Waals surface area contributed by atoms with Crippen molar-refractivity contribution in [3.05, 3.63) is 24.3 Å². The van der Waals surface area contributed by atoms with E-state index in [2.05, 4.69) is 22.2 Å². The summed E-state index contributed by atoms with van der Waals surface area (Å²) in [6.07, 6.45) is 17.6. The Morgan fingerprint density at radius 3 is 2.14 bits per heavy atom. The molecule has 21 heavy (non-hydrogen) atoms. The van der Waals surface area contributed by atoms with Crippen LogP contribution in [0.5, 0.6) is 0 Å². The molecule has 0 saturated carbocycles. The van der Waals surface area contributed by atoms with E-state index < -0.39 is 0 Å². The molecule has 1 heterocycles. The largest absolute Gasteiger partial charge is 0.351 e. The highest BCUT2D eigenvalue weighted by Gasteiger charge is 2.04. The van der Waals surface area contributed by atoms with Gasteiger partial charge in [-0.05, 0) is 6.42 Å². The molecular formula is C17H29N3O. The molecule has 1 N–H and O–H groups in total. The van der Waals surface area contributed by atoms with Gasteiger partial charge in [0.25, 0.3) is 5.91 Å². The molecule has 0 aromatic carbocycles. The Balaban J connectivity index is 1.88. The van der Waals surface area contributed by atoms with Crippen molar-refractivity contribution < 1.29 is 4.79 Å². The zero-order chi connectivity index (χ0) is 15.2. The SMILES string of the molecule is CCCCCCCCCCCCNC(=O)c1cnccn1. The quantitative estimate of drug-likeness (QED) is 0.589. The Hall–Kier alpha value is -1.45. The van der Waals surface area contributed by atoms with Gasteiger partial charge in [-0.25, -0.2) is 4.98 Å². The van der Waals surface area contributed by atoms with Gasteiger partial charge in [0.2, 0.25) is 0 Å². The average Bonchev–Trinajstić information content (AvgIpc) is 2.53. The van der Waals surface area contributed by atoms with Gasteiger partial charge in [-0.1, -0.05) is 64.7 Å². The Morgan fingerprint density at radius 1 is 0.952 bits per heavy atom. The summed E-state index contributed by atoms with van der Waals surface area (Å²) in [6, 6.07) is 0. The number of aromatic nitrogens is 2. The number of hydrogen-bond acceptors (Lipinski definition) is 3. The maximum atomic E-state index is 11.7. The molecule has 0 bridgehead atoms. The van der Waals surface area contributed by atoms with Crippen molar-refractivity contribution in [1.29, 1.82) is 0 Å². The molecule has 0 saturated heterocycles. The lowest BCUT2D eigenvalue weighted by Gasteiger charge is -2.04. The van der Waals surface area contributed by atoms with Gasteiger partial charge in [-0.3, -0.25) is 9.78 Å². The minimum absolute atomic E-state index is 0.126. The number of unbranched alkanes of at least 4 members (excludes halogenated alkanes) is 9. The molecule has 0 aliphatic carbocycles. The Morgan fingerprint density at radius 2 is 1.57 bits per heavy atom. The van der Waals surface area contributed by atoms with Crippen LogP contribution in [0.3, 0.4) is 0 Å². The highest BCUT2D eigenvalue weighted by molar-refractivity contribution is 5.91. The number of carbonyl (C=O) groups is 1. The van der Waals surface area contributed by atoms with E-state index >= 15 is 0 Å². The van der Waals surface area contributed by atoms with E-state index in [1.165, 1.54) is 70.2 Å². The molecule has 1 aromatic heterocycles. The summed E-state index contributed by atoms with van der Waals surface area (Å²) in [5.41, 5.74) is 0.393. The molecule has 0 unspecified atom stereocenters. The molecule has 1 rings (SSSR count). The van der Waals surface area contributed by atoms with Gasteiger partial charge in [0.05, 0.1) is 6.20 Å². The van der Waals surface area contributed by atoms with Crippen LogP contribution in [0.1, 0.15) is 81.6 Å². The zero-order valence-electron chi connectivity index (χ0n) is 13.3. The fraction of sp³-hybridized carbons (Fsp3) is 0.706. The van der Waals surface area contributed by atoms with Gasteiger partial charge in [-0.15, -0.1) is 0 Å². The van der Waals surface area contributed by atoms with Gasteiger partial charge >= 0.3 is 0 Å². The third-order valence-electron chi connectivity index (χ3n) is 3.61. The first kappa shape index (κ1) is 17.6. The van der Waals surface area contributed by atoms with Crippen molar-refractivity contribution in [2.45, 2.75) is 71.1 Å². The zero-order valence-corrected chi connectivity index (χ0v) is 13.3. The topological polar surface area (TPSA) is 54.9 Å². The fourth-order valence-corrected chi connectivity index (χ4v) is 2.32. The smallest absolute Gasteiger partial charge is 0.271 e. The first-order chi connectivity index (χ1) is 10.3. The first-order valence-corrected chi connectivity index (χ1v) is 8.38. The Kier molecular flexibility index (Phi) is 10.3. The predicted molar refractivity (Wildman–Crippen MR) is 86.2 cm³/mol. The maximum absolute atomic E-state index is 11.7. The summed E-state index contributed by atoms with van der Waals surface area (Å²) >= 11 is 0. The molecule has 0 aliphatic heterocycles. The third-order valence-corrected chi connectivity index (χ3v) is 3.61. The number of rotatable bonds is 12. The summed E-state index contributed by atoms with van der Waals surface area (Å²) in [5.74, 6) is -0.126. The van der Waals surface area contributed by atoms with E-state index in [9.17, 15) is 4.79 Å². The van der Waals surface area contributed by atoms with Gasteiger partial charge in [0.1, 0.15) is 5.69 Å². The summed E-state index contributed by atoms with van der Waals surface area (Å²) in [5, 5.41) is 2.88. The van der Waals surface area contributed by atoms with Gasteiger partial charge in [0, 0.05) is 18.9 Å². The minimum atomic E-state index is -0.126. The van der Waals surface area contributed by atoms with Crippen LogP contribution < -0.4 is 5.32 Å². The summed E-state index contributed by atoms with van der Waals surface area (Å²) in [7, 11) is 0. The third kappa shape index (κ3) is 9.16. The molecular weight excluding hydrogens is 262 g/mol. The van der Waals surface area contributed by atoms with Crippen LogP contribution in [0.2, 0.25) is 0 Å². The van der Waals surface area contributed by atoms with Crippen molar-refractivity contribution in [3.8, 4) is 0 Å². The number of nitrogens with one attached hydrogen (secondary N) is 1. The average molecular weight is 291 g/mol. The highest BCUT2D eigenvalue weighted by atomic mass is 16.1. The van der Waals surface area contributed by atoms with Gasteiger partial charge in [-0.2, -0.15) is 0 Å². The van der Waals surface area contributed by atoms with E-state index in [-0.39, 0.29) is 5.91 Å². The molecule has 1 aromatic rings. The van der Waals surface area contributed by atoms with Crippen LogP contribution in [0.25, 0.3) is 0 Å². The summed E-state index contributed by atoms with van der Waals surface area (Å²) < 4.78 is 0. The van der Waals surface area contributed by atoms with E-state index in [1.807, 2.05) is 0 Å². The minimum Gasteiger partial charge on any atom is -0.351 e. The van der Waals surface area contributed by atoms with Crippen LogP contribution in [0, 0.1) is 0 Å². The van der Waals surface area contributed by atoms with E-state index in [1.54, 1.807) is 6.20 Å². The molecule has 1 amide bonds. The summed E-state index contributed by atoms with van der Waals surface area (Å²) in [6.45, 7) is 2.98. The second-order valence-electron chi connectivity index (χ2n) is 5.53. The van der Waals surface area contributed by atoms with Crippen molar-refractivity contribution in [2.75, 3.05) is 6.54 Å². The van der Waals surface area contributed by atoms with Crippen molar-refractivity contribution >= 4 is 5.91 Å². The normalized spacial score (nSPS) is 10.5. The van der Waals surface area contributed by atoms with E-state index in [0.29, 0.717) is 5.69 Å². The van der Waals surface area contributed by atoms with Crippen LogP contribution in [0.15, 0.2) is 18.6 Å². The summed E-state index contributed by atoms with van der Waals surface area (Å²) in [4.78, 5) is 19.6. The molecule has 0 fully saturated rings. The number of hydrogen-bond donors (Lipinski definition) is 1. The lowest BCUT2D eigenvalue weighted by molar-refractivity contribution is 0.0947. The number of amides is 1. The lowest BCUT2D eigenvalue weighted by Crippen LogP contribution is -2.25. The van der Waals surface area contributed by atoms with Gasteiger partial charge < -0.3 is 5.32 Å². The van der Waals surface area contributed by atoms with Crippen molar-refractivity contribution in [3.63, 3.8) is 0 Å². The fourth-order valence-electron chi connectivity index (χ4n) is 2.32. The van der Waals surface area contributed by atoms with Crippen molar-refractivity contribution in [2.24, 2.45) is 0 Å². The Labute approximate surface area is 128 Å². The van der Waals surface area contributed by atoms with Crippen LogP contribution in [-0.2, 0) is 0 Å². The predicted octanol–water partition coefficient (Wildman–Crippen LogP) is 4.13. The number of carbonyl (C=O) groups excluding carboxylic acids is 1. The molecule has 0 atom stereocenters. The van der Waals surface area contributed by atoms with Gasteiger partial charge in [0.15, 0.2) is 0 Å². The molecule has 4 nitrogen and oxygen atoms in total. The lowest BCUT2D eigenvalue weighted by atomic mass is 10.1. The second kappa shape index (κ2) is 12.3. The number of nitrogens with zero attached hydrogens (tertiary/aromatic N) is 2. The Bertz CT molecular complexity index is 368. The molecule has 118 valence electrons. The van der Waals surface area contributed by atoms with E-state index in [4.69, 9.17) is 0 Å². The maximum Gasteiger partial charge on any atom is 0.271 e. The standard InChI is InChI=1S/C17H29N3O/c1-2-3-4-5-6-7-8-9-10-11-12-20-17(21)16-15-18-13-14-19-16/h13-15H,2-12H2,1H3,(H,20,21). The molecule has 0 aliphatic rings. The molecule has 0 spiro atoms. The monoisotopic (exact) mass is 291 g/mol. The highest BCUT2D eigenvalue weighted by Crippen LogP contribution is 2.10. The molecule has 4 heteroatoms. The molecule has 0 radical (unpaired) electrons. The second-order valence-corrected chi connectivity index (χ2v) is 5.53. The van der Waals surface area contributed by atoms with E-state index in [0.717, 1.165) is 13.0 Å². The van der Waals surface area contributed by atoms with Crippen LogP contribution >= 0.6 is 0 Å². The van der Waals surface area contributed by atoms with Crippen LogP contribution in [0.4, 0.5) is 0 Å². The first-order valence-electron chi connectivity index (χ1n) is 8.38. The van der Waals surface area contributed by atoms with Crippen molar-refractivity contribution in [1.82, 2.24) is 15.3 Å². The van der Waals surface area contributed by atoms with Crippen LogP contribution in [-0.4, -0.2) is 22.4 Å².